The number of amides is 2. The summed E-state index contributed by atoms with van der Waals surface area (Å²) in [4.78, 5) is 74.2. The fraction of sp³-hybridized carbons (Fsp3) is 0.944. The van der Waals surface area contributed by atoms with Gasteiger partial charge in [-0.3, -0.25) is 18.9 Å². The predicted molar refractivity (Wildman–Crippen MR) is 367 cm³/mol. The summed E-state index contributed by atoms with van der Waals surface area (Å²) in [5.74, 6) is -3.09. The number of carbonyl (C=O) groups excluding carboxylic acids is 3. The molecule has 0 spiro atoms. The Kier molecular flexibility index (Phi) is 52.6. The highest BCUT2D eigenvalue weighted by Crippen LogP contribution is 2.43. The summed E-state index contributed by atoms with van der Waals surface area (Å²) in [6.07, 6.45) is 29.5. The lowest BCUT2D eigenvalue weighted by Gasteiger charge is -2.47. The maximum atomic E-state index is 13.7. The molecule has 0 aliphatic carbocycles. The van der Waals surface area contributed by atoms with E-state index in [0.29, 0.717) is 32.1 Å². The second kappa shape index (κ2) is 56.4. The Morgan fingerprint density at radius 3 is 1.38 bits per heavy atom. The van der Waals surface area contributed by atoms with E-state index >= 15 is 0 Å². The molecular formula is C72H137N2O19P. The van der Waals surface area contributed by atoms with E-state index < -0.39 is 112 Å². The molecule has 8 N–H and O–H groups in total. The van der Waals surface area contributed by atoms with Gasteiger partial charge in [-0.1, -0.05) is 259 Å². The zero-order valence-electron chi connectivity index (χ0n) is 59.6. The van der Waals surface area contributed by atoms with Gasteiger partial charge in [-0.05, 0) is 38.5 Å². The van der Waals surface area contributed by atoms with Crippen LogP contribution in [0.4, 0.5) is 0 Å². The van der Waals surface area contributed by atoms with Crippen LogP contribution in [0.2, 0.25) is 0 Å². The van der Waals surface area contributed by atoms with Gasteiger partial charge in [0.1, 0.15) is 48.8 Å². The van der Waals surface area contributed by atoms with Crippen LogP contribution in [0.5, 0.6) is 0 Å². The molecule has 0 bridgehead atoms. The number of carbonyl (C=O) groups is 4. The van der Waals surface area contributed by atoms with Crippen molar-refractivity contribution >= 4 is 31.6 Å². The van der Waals surface area contributed by atoms with Crippen molar-refractivity contribution in [2.24, 2.45) is 0 Å². The SMILES string of the molecule is CCCCCCCCCCCCCC(=O)O[C@H](CCCCCCCCCCC)CCO[C@@H]1[C@@H](NC(C)=O)[C@H](OC[C@H]2O[C@H](C(=O)O)[C@H](NC(=O)C[C@H](O)CCCCCCCCCCC)[C@@H](OCC[C@H](O)CCCCCCCCCCC)[C@@H]2O)O[C@H](COC)[C@@H]1OP(=O)(O)O. The van der Waals surface area contributed by atoms with Crippen LogP contribution in [-0.4, -0.2) is 167 Å². The van der Waals surface area contributed by atoms with Crippen LogP contribution >= 0.6 is 7.82 Å². The molecule has 0 unspecified atom stereocenters. The lowest BCUT2D eigenvalue weighted by atomic mass is 9.91. The number of hydrogen-bond acceptors (Lipinski definition) is 16. The van der Waals surface area contributed by atoms with Crippen LogP contribution in [-0.2, 0) is 61.4 Å². The third-order valence-corrected chi connectivity index (χ3v) is 19.0. The number of carboxylic acid groups (broad SMARTS) is 1. The number of phosphoric ester groups is 1. The molecule has 2 amide bonds. The molecule has 0 aromatic carbocycles. The number of rotatable bonds is 63. The van der Waals surface area contributed by atoms with E-state index in [4.69, 9.17) is 37.7 Å². The van der Waals surface area contributed by atoms with E-state index in [1.54, 1.807) is 0 Å². The maximum absolute atomic E-state index is 13.7. The zero-order valence-corrected chi connectivity index (χ0v) is 60.5. The molecule has 554 valence electrons. The summed E-state index contributed by atoms with van der Waals surface area (Å²) in [5.41, 5.74) is 0. The van der Waals surface area contributed by atoms with Gasteiger partial charge in [-0.2, -0.15) is 0 Å². The molecule has 2 fully saturated rings. The molecule has 13 atom stereocenters. The summed E-state index contributed by atoms with van der Waals surface area (Å²) in [7, 11) is -3.96. The van der Waals surface area contributed by atoms with Gasteiger partial charge in [0.25, 0.3) is 0 Å². The van der Waals surface area contributed by atoms with E-state index in [2.05, 4.69) is 38.3 Å². The number of aliphatic carboxylic acids is 1. The second-order valence-electron chi connectivity index (χ2n) is 27.1. The number of carboxylic acids is 1. The molecule has 22 heteroatoms. The molecule has 0 aromatic rings. The van der Waals surface area contributed by atoms with Gasteiger partial charge >= 0.3 is 19.8 Å². The predicted octanol–water partition coefficient (Wildman–Crippen LogP) is 14.1. The Hall–Kier alpha value is -2.37. The Morgan fingerprint density at radius 2 is 0.926 bits per heavy atom. The number of nitrogens with one attached hydrogen (secondary N) is 2. The van der Waals surface area contributed by atoms with E-state index in [1.165, 1.54) is 149 Å². The highest BCUT2D eigenvalue weighted by atomic mass is 31.2. The van der Waals surface area contributed by atoms with E-state index in [1.807, 2.05) is 0 Å². The van der Waals surface area contributed by atoms with E-state index in [-0.39, 0.29) is 51.5 Å². The number of aliphatic hydroxyl groups is 3. The lowest BCUT2D eigenvalue weighted by Crippen LogP contribution is -2.68. The topological polar surface area (TPSA) is 305 Å². The molecule has 2 aliphatic rings. The first-order valence-electron chi connectivity index (χ1n) is 37.8. The summed E-state index contributed by atoms with van der Waals surface area (Å²) >= 11 is 0. The largest absolute Gasteiger partial charge is 0.479 e. The van der Waals surface area contributed by atoms with Crippen molar-refractivity contribution in [3.8, 4) is 0 Å². The molecule has 2 rings (SSSR count). The van der Waals surface area contributed by atoms with Crippen molar-refractivity contribution in [3.63, 3.8) is 0 Å². The molecule has 2 heterocycles. The third kappa shape index (κ3) is 42.6. The standard InChI is InChI=1S/C72H137N2O19P/c1-7-11-15-19-23-27-28-32-36-40-44-48-63(79)90-59(47-43-39-35-31-26-22-18-14-10-4)50-52-88-69-65(73-56(5)75)72(92-61(54-86-6)67(69)93-94(83,84)85)89-55-60-66(80)68(87-51-49-57(76)45-41-37-33-29-24-20-16-12-8-2)64(70(91-60)71(81)82)74-62(78)53-58(77)46-42-38-34-30-25-21-17-13-9-3/h57-61,64-70,72,76-77,80H,7-55H2,1-6H3,(H,73,75)(H,74,78)(H,81,82)(H2,83,84,85)/t57-,58-,59-,60-,61-,64-,65-,66-,67+,68-,69-,70+,72-/m1/s1. The highest BCUT2D eigenvalue weighted by Gasteiger charge is 2.53. The van der Waals surface area contributed by atoms with Gasteiger partial charge in [-0.15, -0.1) is 0 Å². The van der Waals surface area contributed by atoms with Gasteiger partial charge in [0.05, 0.1) is 44.5 Å². The Morgan fingerprint density at radius 1 is 0.489 bits per heavy atom. The molecule has 0 aromatic heterocycles. The van der Waals surface area contributed by atoms with Crippen molar-refractivity contribution < 1.29 is 91.6 Å². The van der Waals surface area contributed by atoms with Gasteiger partial charge in [-0.25, -0.2) is 9.36 Å². The molecule has 21 nitrogen and oxygen atoms in total. The Balaban J connectivity index is 2.38. The van der Waals surface area contributed by atoms with Crippen molar-refractivity contribution in [1.29, 1.82) is 0 Å². The average Bonchev–Trinajstić information content (AvgIpc) is 0.792. The monoisotopic (exact) mass is 1360 g/mol. The maximum Gasteiger partial charge on any atom is 0.470 e. The lowest BCUT2D eigenvalue weighted by molar-refractivity contribution is -0.290. The van der Waals surface area contributed by atoms with Crippen LogP contribution in [0, 0.1) is 0 Å². The molecule has 2 saturated heterocycles. The van der Waals surface area contributed by atoms with E-state index in [0.717, 1.165) is 96.3 Å². The number of aliphatic hydroxyl groups excluding tert-OH is 3. The van der Waals surface area contributed by atoms with Crippen LogP contribution in [0.25, 0.3) is 0 Å². The zero-order chi connectivity index (χ0) is 69.0. The Labute approximate surface area is 568 Å². The fourth-order valence-electron chi connectivity index (χ4n) is 13.0. The van der Waals surface area contributed by atoms with E-state index in [9.17, 15) is 54.0 Å². The summed E-state index contributed by atoms with van der Waals surface area (Å²) in [5, 5.41) is 50.4. The Bertz CT molecular complexity index is 1920. The van der Waals surface area contributed by atoms with Crippen LogP contribution in [0.1, 0.15) is 324 Å². The minimum absolute atomic E-state index is 0.122. The van der Waals surface area contributed by atoms with Crippen molar-refractivity contribution in [3.05, 3.63) is 0 Å². The molecule has 0 saturated carbocycles. The van der Waals surface area contributed by atoms with Crippen molar-refractivity contribution in [1.82, 2.24) is 10.6 Å². The van der Waals surface area contributed by atoms with Gasteiger partial charge in [0.15, 0.2) is 12.4 Å². The van der Waals surface area contributed by atoms with Crippen LogP contribution in [0.3, 0.4) is 0 Å². The van der Waals surface area contributed by atoms with Crippen molar-refractivity contribution in [2.45, 2.75) is 403 Å². The first-order valence-corrected chi connectivity index (χ1v) is 39.3. The summed E-state index contributed by atoms with van der Waals surface area (Å²) in [6.45, 7) is 8.85. The smallest absolute Gasteiger partial charge is 0.470 e. The quantitative estimate of drug-likeness (QED) is 0.0159. The normalized spacial score (nSPS) is 22.6. The summed E-state index contributed by atoms with van der Waals surface area (Å²) in [6, 6.07) is -2.84. The number of ether oxygens (including phenoxy) is 7. The number of unbranched alkanes of at least 4 members (excludes halogenated alkanes) is 34. The minimum atomic E-state index is -5.30. The third-order valence-electron chi connectivity index (χ3n) is 18.4. The summed E-state index contributed by atoms with van der Waals surface area (Å²) < 4.78 is 61.3. The number of methoxy groups -OCH3 is 1. The van der Waals surface area contributed by atoms with Crippen molar-refractivity contribution in [2.75, 3.05) is 33.5 Å². The average molecular weight is 1370 g/mol. The fourth-order valence-corrected chi connectivity index (χ4v) is 13.5. The number of phosphoric acid groups is 1. The van der Waals surface area contributed by atoms with Gasteiger partial charge < -0.3 is 74.0 Å². The highest BCUT2D eigenvalue weighted by molar-refractivity contribution is 7.46. The molecule has 0 radical (unpaired) electrons. The second-order valence-corrected chi connectivity index (χ2v) is 28.3. The number of esters is 1. The van der Waals surface area contributed by atoms with Gasteiger partial charge in [0.2, 0.25) is 11.8 Å². The first-order chi connectivity index (χ1) is 45.4. The minimum Gasteiger partial charge on any atom is -0.479 e. The van der Waals surface area contributed by atoms with Crippen LogP contribution in [0.15, 0.2) is 0 Å². The van der Waals surface area contributed by atoms with Gasteiger partial charge in [0, 0.05) is 33.5 Å². The molecule has 2 aliphatic heterocycles. The number of hydrogen-bond donors (Lipinski definition) is 8. The molecule has 94 heavy (non-hydrogen) atoms. The van der Waals surface area contributed by atoms with Crippen LogP contribution < -0.4 is 10.6 Å². The first kappa shape index (κ1) is 87.7. The molecular weight excluding hydrogens is 1230 g/mol.